The third-order valence-electron chi connectivity index (χ3n) is 5.94. The molecular weight excluding hydrogens is 384 g/mol. The maximum atomic E-state index is 13.2. The van der Waals surface area contributed by atoms with Crippen molar-refractivity contribution < 1.29 is 19.8 Å². The third kappa shape index (κ3) is 4.25. The summed E-state index contributed by atoms with van der Waals surface area (Å²) in [6, 6.07) is 8.11. The quantitative estimate of drug-likeness (QED) is 0.676. The number of carbonyl (C=O) groups excluding carboxylic acids is 1. The van der Waals surface area contributed by atoms with Gasteiger partial charge in [0.1, 0.15) is 16.9 Å². The number of carbonyl (C=O) groups is 2. The van der Waals surface area contributed by atoms with E-state index in [9.17, 15) is 24.6 Å². The summed E-state index contributed by atoms with van der Waals surface area (Å²) in [5.41, 5.74) is 0.620. The van der Waals surface area contributed by atoms with Crippen molar-refractivity contribution in [1.82, 2.24) is 9.88 Å². The lowest BCUT2D eigenvalue weighted by Crippen LogP contribution is -2.56. The number of phenols is 1. The summed E-state index contributed by atoms with van der Waals surface area (Å²) in [6.07, 6.45) is 3.73. The Balaban J connectivity index is 1.99. The number of nitrogens with zero attached hydrogens (tertiary/aromatic N) is 1. The van der Waals surface area contributed by atoms with Crippen molar-refractivity contribution in [3.8, 4) is 5.75 Å². The van der Waals surface area contributed by atoms with Crippen LogP contribution in [0.3, 0.4) is 0 Å². The number of aryl methyl sites for hydroxylation is 1. The average Bonchev–Trinajstić information content (AvgIpc) is 2.72. The minimum atomic E-state index is -1.32. The molecule has 2 aromatic rings. The largest absolute Gasteiger partial charge is 0.508 e. The van der Waals surface area contributed by atoms with Crippen molar-refractivity contribution in [2.45, 2.75) is 64.5 Å². The zero-order valence-corrected chi connectivity index (χ0v) is 17.4. The van der Waals surface area contributed by atoms with Gasteiger partial charge in [0.05, 0.1) is 6.54 Å². The molecule has 0 spiro atoms. The van der Waals surface area contributed by atoms with Gasteiger partial charge in [-0.3, -0.25) is 9.59 Å². The molecule has 160 valence electrons. The Hall–Kier alpha value is -3.09. The molecule has 1 fully saturated rings. The van der Waals surface area contributed by atoms with E-state index in [1.54, 1.807) is 34.9 Å². The Morgan fingerprint density at radius 2 is 1.77 bits per heavy atom. The Labute approximate surface area is 175 Å². The van der Waals surface area contributed by atoms with Crippen LogP contribution in [0.4, 0.5) is 0 Å². The summed E-state index contributed by atoms with van der Waals surface area (Å²) in [5.74, 6) is -1.56. The van der Waals surface area contributed by atoms with E-state index >= 15 is 0 Å². The van der Waals surface area contributed by atoms with E-state index in [2.05, 4.69) is 5.32 Å². The molecule has 0 saturated heterocycles. The molecule has 0 radical (unpaired) electrons. The van der Waals surface area contributed by atoms with E-state index in [0.717, 1.165) is 36.1 Å². The molecule has 0 bridgehead atoms. The van der Waals surface area contributed by atoms with Gasteiger partial charge < -0.3 is 20.1 Å². The van der Waals surface area contributed by atoms with E-state index < -0.39 is 23.0 Å². The number of aromatic nitrogens is 1. The second-order valence-electron chi connectivity index (χ2n) is 8.00. The van der Waals surface area contributed by atoms with Crippen LogP contribution >= 0.6 is 0 Å². The van der Waals surface area contributed by atoms with Crippen molar-refractivity contribution in [2.75, 3.05) is 0 Å². The highest BCUT2D eigenvalue weighted by molar-refractivity contribution is 5.97. The van der Waals surface area contributed by atoms with Gasteiger partial charge in [-0.15, -0.1) is 0 Å². The first kappa shape index (κ1) is 21.6. The van der Waals surface area contributed by atoms with Crippen LogP contribution in [0, 0.1) is 6.92 Å². The number of pyridine rings is 1. The van der Waals surface area contributed by atoms with Gasteiger partial charge in [0.15, 0.2) is 0 Å². The van der Waals surface area contributed by atoms with Crippen LogP contribution in [-0.2, 0) is 17.8 Å². The second-order valence-corrected chi connectivity index (χ2v) is 8.00. The standard InChI is InChI=1S/C23H28N2O5/c1-3-19-15(2)13-18(20(27)24-23(22(29)30)11-5-4-6-12-23)21(28)25(19)14-16-7-9-17(26)10-8-16/h7-10,13,26H,3-6,11-12,14H2,1-2H3,(H,24,27)(H,29,30). The number of aliphatic carboxylic acids is 1. The van der Waals surface area contributed by atoms with Gasteiger partial charge in [0.2, 0.25) is 0 Å². The number of carboxylic acid groups (broad SMARTS) is 1. The minimum Gasteiger partial charge on any atom is -0.508 e. The summed E-state index contributed by atoms with van der Waals surface area (Å²) in [4.78, 5) is 38.2. The number of benzene rings is 1. The number of amides is 1. The Morgan fingerprint density at radius 1 is 1.13 bits per heavy atom. The normalized spacial score (nSPS) is 15.5. The molecule has 1 aliphatic carbocycles. The first-order valence-corrected chi connectivity index (χ1v) is 10.3. The number of phenolic OH excluding ortho intramolecular Hbond substituents is 1. The predicted octanol–water partition coefficient (Wildman–Crippen LogP) is 2.99. The molecule has 1 heterocycles. The van der Waals surface area contributed by atoms with E-state index in [-0.39, 0.29) is 17.9 Å². The number of carboxylic acids is 1. The molecule has 7 nitrogen and oxygen atoms in total. The van der Waals surface area contributed by atoms with Gasteiger partial charge in [0, 0.05) is 5.69 Å². The van der Waals surface area contributed by atoms with E-state index in [1.807, 2.05) is 13.8 Å². The van der Waals surface area contributed by atoms with Crippen molar-refractivity contribution in [3.05, 3.63) is 63.1 Å². The smallest absolute Gasteiger partial charge is 0.329 e. The van der Waals surface area contributed by atoms with E-state index in [4.69, 9.17) is 0 Å². The van der Waals surface area contributed by atoms with Crippen LogP contribution in [-0.4, -0.2) is 32.2 Å². The van der Waals surface area contributed by atoms with Gasteiger partial charge >= 0.3 is 5.97 Å². The zero-order chi connectivity index (χ0) is 21.9. The highest BCUT2D eigenvalue weighted by Gasteiger charge is 2.41. The summed E-state index contributed by atoms with van der Waals surface area (Å²) in [5, 5.41) is 21.9. The minimum absolute atomic E-state index is 0.0466. The van der Waals surface area contributed by atoms with Crippen LogP contribution in [0.15, 0.2) is 35.1 Å². The first-order chi connectivity index (χ1) is 14.3. The number of rotatable bonds is 6. The summed E-state index contributed by atoms with van der Waals surface area (Å²) in [6.45, 7) is 4.04. The molecule has 7 heteroatoms. The summed E-state index contributed by atoms with van der Waals surface area (Å²) >= 11 is 0. The molecule has 0 atom stereocenters. The van der Waals surface area contributed by atoms with Crippen LogP contribution in [0.2, 0.25) is 0 Å². The van der Waals surface area contributed by atoms with Crippen molar-refractivity contribution in [2.24, 2.45) is 0 Å². The second kappa shape index (κ2) is 8.73. The van der Waals surface area contributed by atoms with Gasteiger partial charge in [-0.25, -0.2) is 4.79 Å². The maximum absolute atomic E-state index is 13.2. The average molecular weight is 412 g/mol. The molecule has 0 aliphatic heterocycles. The fourth-order valence-corrected chi connectivity index (χ4v) is 4.26. The fourth-order valence-electron chi connectivity index (χ4n) is 4.26. The predicted molar refractivity (Wildman–Crippen MR) is 113 cm³/mol. The lowest BCUT2D eigenvalue weighted by atomic mass is 9.81. The lowest BCUT2D eigenvalue weighted by molar-refractivity contribution is -0.145. The van der Waals surface area contributed by atoms with Crippen LogP contribution in [0.25, 0.3) is 0 Å². The Bertz CT molecular complexity index is 1000. The Morgan fingerprint density at radius 3 is 2.33 bits per heavy atom. The molecule has 1 aromatic heterocycles. The van der Waals surface area contributed by atoms with Gasteiger partial charge in [0.25, 0.3) is 11.5 Å². The first-order valence-electron chi connectivity index (χ1n) is 10.3. The zero-order valence-electron chi connectivity index (χ0n) is 17.4. The van der Waals surface area contributed by atoms with Crippen LogP contribution < -0.4 is 10.9 Å². The third-order valence-corrected chi connectivity index (χ3v) is 5.94. The SMILES string of the molecule is CCc1c(C)cc(C(=O)NC2(C(=O)O)CCCCC2)c(=O)n1Cc1ccc(O)cc1. The molecule has 1 aromatic carbocycles. The highest BCUT2D eigenvalue weighted by Crippen LogP contribution is 2.29. The number of aromatic hydroxyl groups is 1. The van der Waals surface area contributed by atoms with E-state index in [1.165, 1.54) is 0 Å². The van der Waals surface area contributed by atoms with Crippen molar-refractivity contribution >= 4 is 11.9 Å². The fraction of sp³-hybridized carbons (Fsp3) is 0.435. The molecule has 3 rings (SSSR count). The molecule has 30 heavy (non-hydrogen) atoms. The van der Waals surface area contributed by atoms with Crippen LogP contribution in [0.1, 0.15) is 66.2 Å². The summed E-state index contributed by atoms with van der Waals surface area (Å²) < 4.78 is 1.56. The summed E-state index contributed by atoms with van der Waals surface area (Å²) in [7, 11) is 0. The van der Waals surface area contributed by atoms with Crippen molar-refractivity contribution in [1.29, 1.82) is 0 Å². The molecule has 1 saturated carbocycles. The highest BCUT2D eigenvalue weighted by atomic mass is 16.4. The Kier molecular flexibility index (Phi) is 6.29. The number of hydrogen-bond donors (Lipinski definition) is 3. The van der Waals surface area contributed by atoms with Crippen LogP contribution in [0.5, 0.6) is 5.75 Å². The molecule has 1 amide bonds. The van der Waals surface area contributed by atoms with Crippen molar-refractivity contribution in [3.63, 3.8) is 0 Å². The maximum Gasteiger partial charge on any atom is 0.329 e. The van der Waals surface area contributed by atoms with Gasteiger partial charge in [-0.1, -0.05) is 38.3 Å². The molecular formula is C23H28N2O5. The molecule has 0 unspecified atom stereocenters. The molecule has 1 aliphatic rings. The number of nitrogens with one attached hydrogen (secondary N) is 1. The van der Waals surface area contributed by atoms with Gasteiger partial charge in [-0.05, 0) is 55.5 Å². The monoisotopic (exact) mass is 412 g/mol. The topological polar surface area (TPSA) is 109 Å². The molecule has 3 N–H and O–H groups in total. The van der Waals surface area contributed by atoms with Gasteiger partial charge in [-0.2, -0.15) is 0 Å². The number of hydrogen-bond acceptors (Lipinski definition) is 4. The lowest BCUT2D eigenvalue weighted by Gasteiger charge is -2.34. The van der Waals surface area contributed by atoms with E-state index in [0.29, 0.717) is 19.3 Å².